The van der Waals surface area contributed by atoms with E-state index in [2.05, 4.69) is 9.88 Å². The minimum Gasteiger partial charge on any atom is -0.328 e. The summed E-state index contributed by atoms with van der Waals surface area (Å²) in [4.78, 5) is 37.7. The molecule has 1 saturated heterocycles. The van der Waals surface area contributed by atoms with Crippen molar-refractivity contribution in [3.05, 3.63) is 98.5 Å². The first-order valence-electron chi connectivity index (χ1n) is 11.4. The van der Waals surface area contributed by atoms with E-state index in [0.29, 0.717) is 55.1 Å². The number of H-pyrrole nitrogens is 1. The van der Waals surface area contributed by atoms with Gasteiger partial charge in [0.1, 0.15) is 11.6 Å². The largest absolute Gasteiger partial charge is 0.328 e. The van der Waals surface area contributed by atoms with E-state index in [9.17, 15) is 14.0 Å². The number of carbonyl (C=O) groups is 1. The fraction of sp³-hybridized carbons (Fsp3) is 0.346. The van der Waals surface area contributed by atoms with E-state index in [-0.39, 0.29) is 23.3 Å². The highest BCUT2D eigenvalue weighted by atomic mass is 19.1. The number of nitrogens with one attached hydrogen (secondary N) is 1. The monoisotopic (exact) mass is 446 g/mol. The van der Waals surface area contributed by atoms with E-state index in [4.69, 9.17) is 4.98 Å². The number of aromatic nitrogens is 2. The van der Waals surface area contributed by atoms with Crippen molar-refractivity contribution in [2.75, 3.05) is 13.1 Å². The molecule has 170 valence electrons. The molecule has 1 N–H and O–H groups in total. The average molecular weight is 447 g/mol. The molecule has 1 amide bonds. The number of nitrogens with zero attached hydrogens (tertiary/aromatic N) is 3. The molecule has 0 spiro atoms. The number of hydrogen-bond acceptors (Lipinski definition) is 4. The van der Waals surface area contributed by atoms with Crippen molar-refractivity contribution in [1.82, 2.24) is 19.8 Å². The first-order chi connectivity index (χ1) is 16.0. The van der Waals surface area contributed by atoms with Gasteiger partial charge in [-0.05, 0) is 44.4 Å². The standard InChI is InChI=1S/C26H27FN4O2/c1-17-8-10-18(11-9-17)26(33)31-13-4-7-23(31)24-28-22-16-30(14-12-20(22)25(32)29-24)15-19-5-2-3-6-21(19)27/h2-3,5-6,8-11,23H,4,7,12-16H2,1H3,(H,28,29,32). The Morgan fingerprint density at radius 2 is 1.94 bits per heavy atom. The average Bonchev–Trinajstić information content (AvgIpc) is 3.30. The van der Waals surface area contributed by atoms with Gasteiger partial charge in [0.2, 0.25) is 0 Å². The van der Waals surface area contributed by atoms with Crippen molar-refractivity contribution in [2.45, 2.75) is 45.3 Å². The molecule has 33 heavy (non-hydrogen) atoms. The number of amides is 1. The molecule has 0 aliphatic carbocycles. The van der Waals surface area contributed by atoms with Gasteiger partial charge in [-0.3, -0.25) is 14.5 Å². The van der Waals surface area contributed by atoms with Gasteiger partial charge in [-0.15, -0.1) is 0 Å². The molecule has 0 radical (unpaired) electrons. The van der Waals surface area contributed by atoms with Crippen molar-refractivity contribution in [3.63, 3.8) is 0 Å². The molecular weight excluding hydrogens is 419 g/mol. The van der Waals surface area contributed by atoms with Crippen LogP contribution in [0.15, 0.2) is 53.3 Å². The van der Waals surface area contributed by atoms with Gasteiger partial charge in [-0.25, -0.2) is 9.37 Å². The van der Waals surface area contributed by atoms with E-state index < -0.39 is 0 Å². The highest BCUT2D eigenvalue weighted by Crippen LogP contribution is 2.31. The Balaban J connectivity index is 1.39. The number of halogens is 1. The summed E-state index contributed by atoms with van der Waals surface area (Å²) in [5.74, 6) is 0.280. The maximum absolute atomic E-state index is 14.1. The molecule has 3 heterocycles. The third-order valence-electron chi connectivity index (χ3n) is 6.65. The number of hydrogen-bond donors (Lipinski definition) is 1. The minimum absolute atomic E-state index is 0.0425. The van der Waals surface area contributed by atoms with Crippen LogP contribution in [0.1, 0.15) is 57.5 Å². The maximum Gasteiger partial charge on any atom is 0.254 e. The Bertz CT molecular complexity index is 1240. The van der Waals surface area contributed by atoms with Gasteiger partial charge in [-0.2, -0.15) is 0 Å². The predicted molar refractivity (Wildman–Crippen MR) is 123 cm³/mol. The number of likely N-dealkylation sites (tertiary alicyclic amines) is 1. The fourth-order valence-electron chi connectivity index (χ4n) is 4.83. The Kier molecular flexibility index (Phi) is 5.81. The predicted octanol–water partition coefficient (Wildman–Crippen LogP) is 3.75. The molecule has 1 atom stereocenters. The molecule has 0 bridgehead atoms. The summed E-state index contributed by atoms with van der Waals surface area (Å²) < 4.78 is 14.1. The number of rotatable bonds is 4. The Hall–Kier alpha value is -3.32. The summed E-state index contributed by atoms with van der Waals surface area (Å²) in [5.41, 5.74) is 3.67. The number of aromatic amines is 1. The normalized spacial score (nSPS) is 18.4. The molecule has 5 rings (SSSR count). The molecular formula is C26H27FN4O2. The molecule has 0 saturated carbocycles. The molecule has 2 aromatic carbocycles. The molecule has 2 aliphatic heterocycles. The smallest absolute Gasteiger partial charge is 0.254 e. The lowest BCUT2D eigenvalue weighted by Crippen LogP contribution is -2.37. The maximum atomic E-state index is 14.1. The van der Waals surface area contributed by atoms with E-state index >= 15 is 0 Å². The lowest BCUT2D eigenvalue weighted by molar-refractivity contribution is 0.0729. The van der Waals surface area contributed by atoms with E-state index in [1.807, 2.05) is 42.2 Å². The van der Waals surface area contributed by atoms with Gasteiger partial charge in [0.25, 0.3) is 11.5 Å². The summed E-state index contributed by atoms with van der Waals surface area (Å²) in [6, 6.07) is 14.1. The SMILES string of the molecule is Cc1ccc(C(=O)N2CCCC2c2nc3c(c(=O)[nH]2)CCN(Cc2ccccc2F)C3)cc1. The highest BCUT2D eigenvalue weighted by Gasteiger charge is 2.33. The van der Waals surface area contributed by atoms with Crippen LogP contribution >= 0.6 is 0 Å². The van der Waals surface area contributed by atoms with Crippen molar-refractivity contribution in [2.24, 2.45) is 0 Å². The van der Waals surface area contributed by atoms with Crippen LogP contribution in [0.5, 0.6) is 0 Å². The van der Waals surface area contributed by atoms with E-state index in [1.165, 1.54) is 6.07 Å². The number of aryl methyl sites for hydroxylation is 1. The lowest BCUT2D eigenvalue weighted by atomic mass is 10.0. The number of carbonyl (C=O) groups excluding carboxylic acids is 1. The summed E-state index contributed by atoms with van der Waals surface area (Å²) in [6.45, 7) is 4.26. The molecule has 7 heteroatoms. The van der Waals surface area contributed by atoms with Gasteiger partial charge in [0.15, 0.2) is 0 Å². The van der Waals surface area contributed by atoms with Gasteiger partial charge in [0, 0.05) is 42.9 Å². The van der Waals surface area contributed by atoms with Crippen molar-refractivity contribution in [3.8, 4) is 0 Å². The minimum atomic E-state index is -0.251. The molecule has 6 nitrogen and oxygen atoms in total. The zero-order chi connectivity index (χ0) is 22.9. The molecule has 1 fully saturated rings. The van der Waals surface area contributed by atoms with Crippen LogP contribution in [-0.4, -0.2) is 38.8 Å². The van der Waals surface area contributed by atoms with Crippen molar-refractivity contribution >= 4 is 5.91 Å². The summed E-state index contributed by atoms with van der Waals surface area (Å²) in [6.07, 6.45) is 2.20. The zero-order valence-electron chi connectivity index (χ0n) is 18.7. The van der Waals surface area contributed by atoms with Crippen LogP contribution in [0.4, 0.5) is 4.39 Å². The third-order valence-corrected chi connectivity index (χ3v) is 6.65. The van der Waals surface area contributed by atoms with Crippen LogP contribution in [0.3, 0.4) is 0 Å². The number of fused-ring (bicyclic) bond motifs is 1. The second-order valence-corrected chi connectivity index (χ2v) is 8.95. The van der Waals surface area contributed by atoms with Crippen LogP contribution < -0.4 is 5.56 Å². The molecule has 1 unspecified atom stereocenters. The van der Waals surface area contributed by atoms with Gasteiger partial charge in [-0.1, -0.05) is 35.9 Å². The van der Waals surface area contributed by atoms with Crippen LogP contribution in [0.2, 0.25) is 0 Å². The summed E-state index contributed by atoms with van der Waals surface area (Å²) >= 11 is 0. The quantitative estimate of drug-likeness (QED) is 0.663. The highest BCUT2D eigenvalue weighted by molar-refractivity contribution is 5.94. The Labute approximate surface area is 192 Å². The Morgan fingerprint density at radius 1 is 1.15 bits per heavy atom. The van der Waals surface area contributed by atoms with Gasteiger partial charge < -0.3 is 9.88 Å². The fourth-order valence-corrected chi connectivity index (χ4v) is 4.83. The number of benzene rings is 2. The first kappa shape index (κ1) is 21.5. The summed E-state index contributed by atoms with van der Waals surface area (Å²) in [7, 11) is 0. The van der Waals surface area contributed by atoms with Gasteiger partial charge >= 0.3 is 0 Å². The van der Waals surface area contributed by atoms with Crippen LogP contribution in [-0.2, 0) is 19.5 Å². The third kappa shape index (κ3) is 4.33. The van der Waals surface area contributed by atoms with Crippen LogP contribution in [0, 0.1) is 12.7 Å². The topological polar surface area (TPSA) is 69.3 Å². The molecule has 3 aromatic rings. The second kappa shape index (κ2) is 8.90. The molecule has 2 aliphatic rings. The van der Waals surface area contributed by atoms with Crippen LogP contribution in [0.25, 0.3) is 0 Å². The van der Waals surface area contributed by atoms with Crippen molar-refractivity contribution < 1.29 is 9.18 Å². The lowest BCUT2D eigenvalue weighted by Gasteiger charge is -2.29. The first-order valence-corrected chi connectivity index (χ1v) is 11.4. The second-order valence-electron chi connectivity index (χ2n) is 8.95. The van der Waals surface area contributed by atoms with E-state index in [1.54, 1.807) is 12.1 Å². The van der Waals surface area contributed by atoms with E-state index in [0.717, 1.165) is 24.1 Å². The Morgan fingerprint density at radius 3 is 2.73 bits per heavy atom. The summed E-state index contributed by atoms with van der Waals surface area (Å²) in [5, 5.41) is 0. The zero-order valence-corrected chi connectivity index (χ0v) is 18.7. The molecule has 1 aromatic heterocycles. The van der Waals surface area contributed by atoms with Gasteiger partial charge in [0.05, 0.1) is 11.7 Å². The van der Waals surface area contributed by atoms with Crippen molar-refractivity contribution in [1.29, 1.82) is 0 Å².